The molecule has 2 heterocycles. The van der Waals surface area contributed by atoms with Crippen LogP contribution in [0.4, 0.5) is 0 Å². The largest absolute Gasteiger partial charge is 0.367 e. The number of aromatic amines is 1. The van der Waals surface area contributed by atoms with Gasteiger partial charge in [-0.1, -0.05) is 0 Å². The second kappa shape index (κ2) is 1.36. The first-order chi connectivity index (χ1) is 3.97. The number of aromatic nitrogens is 1. The lowest BCUT2D eigenvalue weighted by Gasteiger charge is -1.82. The number of fused-ring (bicyclic) bond motifs is 1. The fraction of sp³-hybridized carbons (Fsp3) is 0.333. The monoisotopic (exact) mass is 108 g/mol. The molecule has 1 aromatic rings. The van der Waals surface area contributed by atoms with Crippen molar-refractivity contribution in [2.75, 3.05) is 0 Å². The Morgan fingerprint density at radius 2 is 1.75 bits per heavy atom. The molecule has 2 N–H and O–H groups in total. The summed E-state index contributed by atoms with van der Waals surface area (Å²) < 4.78 is 0. The van der Waals surface area contributed by atoms with Crippen molar-refractivity contribution in [1.82, 2.24) is 10.3 Å². The van der Waals surface area contributed by atoms with Gasteiger partial charge < -0.3 is 10.3 Å². The summed E-state index contributed by atoms with van der Waals surface area (Å²) >= 11 is 0. The summed E-state index contributed by atoms with van der Waals surface area (Å²) in [7, 11) is 0. The first-order valence-corrected chi connectivity index (χ1v) is 2.82. The van der Waals surface area contributed by atoms with E-state index in [-0.39, 0.29) is 0 Å². The molecule has 0 aliphatic carbocycles. The second-order valence-corrected chi connectivity index (χ2v) is 2.11. The zero-order chi connectivity index (χ0) is 5.40. The average Bonchev–Trinajstić information content (AvgIpc) is 2.15. The van der Waals surface area contributed by atoms with E-state index < -0.39 is 0 Å². The summed E-state index contributed by atoms with van der Waals surface area (Å²) in [6.45, 7) is 2.08. The summed E-state index contributed by atoms with van der Waals surface area (Å²) in [5.41, 5.74) is 2.84. The molecular weight excluding hydrogens is 100 g/mol. The number of rotatable bonds is 0. The Morgan fingerprint density at radius 3 is 2.38 bits per heavy atom. The van der Waals surface area contributed by atoms with Crippen LogP contribution in [0.15, 0.2) is 12.4 Å². The standard InChI is InChI=1S/C6H8N2/c1-5-2-8-4-6(5)3-7-1/h1,3,7-8H,2,4H2. The first kappa shape index (κ1) is 4.15. The zero-order valence-electron chi connectivity index (χ0n) is 4.57. The van der Waals surface area contributed by atoms with E-state index >= 15 is 0 Å². The highest BCUT2D eigenvalue weighted by Crippen LogP contribution is 2.12. The van der Waals surface area contributed by atoms with E-state index in [1.807, 2.05) is 0 Å². The molecule has 1 aromatic heterocycles. The molecule has 42 valence electrons. The minimum absolute atomic E-state index is 1.04. The van der Waals surface area contributed by atoms with Crippen molar-refractivity contribution in [3.63, 3.8) is 0 Å². The van der Waals surface area contributed by atoms with Gasteiger partial charge in [0, 0.05) is 25.5 Å². The van der Waals surface area contributed by atoms with Crippen LogP contribution in [0.2, 0.25) is 0 Å². The normalized spacial score (nSPS) is 16.5. The number of nitrogens with one attached hydrogen (secondary N) is 2. The van der Waals surface area contributed by atoms with Crippen LogP contribution in [0.5, 0.6) is 0 Å². The van der Waals surface area contributed by atoms with Crippen LogP contribution < -0.4 is 5.32 Å². The molecule has 0 atom stereocenters. The van der Waals surface area contributed by atoms with Gasteiger partial charge in [-0.05, 0) is 11.1 Å². The molecular formula is C6H8N2. The Labute approximate surface area is 47.9 Å². The van der Waals surface area contributed by atoms with E-state index in [1.165, 1.54) is 11.1 Å². The number of H-pyrrole nitrogens is 1. The van der Waals surface area contributed by atoms with Crippen molar-refractivity contribution in [3.05, 3.63) is 23.5 Å². The SMILES string of the molecule is c1[nH]cc2c1CNC2. The minimum Gasteiger partial charge on any atom is -0.367 e. The Kier molecular flexibility index (Phi) is 0.704. The third-order valence-electron chi connectivity index (χ3n) is 1.56. The molecule has 2 rings (SSSR count). The molecule has 0 amide bonds. The first-order valence-electron chi connectivity index (χ1n) is 2.82. The van der Waals surface area contributed by atoms with Gasteiger partial charge in [0.25, 0.3) is 0 Å². The van der Waals surface area contributed by atoms with Crippen molar-refractivity contribution < 1.29 is 0 Å². The summed E-state index contributed by atoms with van der Waals surface area (Å²) in [6.07, 6.45) is 4.10. The molecule has 8 heavy (non-hydrogen) atoms. The van der Waals surface area contributed by atoms with Gasteiger partial charge in [-0.3, -0.25) is 0 Å². The third kappa shape index (κ3) is 0.406. The van der Waals surface area contributed by atoms with Crippen molar-refractivity contribution in [2.45, 2.75) is 13.1 Å². The van der Waals surface area contributed by atoms with E-state index in [0.717, 1.165) is 13.1 Å². The number of hydrogen-bond donors (Lipinski definition) is 2. The molecule has 0 bridgehead atoms. The van der Waals surface area contributed by atoms with Crippen LogP contribution in [0.1, 0.15) is 11.1 Å². The lowest BCUT2D eigenvalue weighted by Crippen LogP contribution is -2.00. The summed E-state index contributed by atoms with van der Waals surface area (Å²) in [6, 6.07) is 0. The van der Waals surface area contributed by atoms with Crippen LogP contribution >= 0.6 is 0 Å². The Morgan fingerprint density at radius 1 is 1.12 bits per heavy atom. The fourth-order valence-electron chi connectivity index (χ4n) is 1.09. The van der Waals surface area contributed by atoms with Crippen molar-refractivity contribution in [3.8, 4) is 0 Å². The second-order valence-electron chi connectivity index (χ2n) is 2.11. The van der Waals surface area contributed by atoms with E-state index in [2.05, 4.69) is 22.7 Å². The molecule has 0 saturated carbocycles. The van der Waals surface area contributed by atoms with E-state index in [9.17, 15) is 0 Å². The van der Waals surface area contributed by atoms with Crippen molar-refractivity contribution in [1.29, 1.82) is 0 Å². The summed E-state index contributed by atoms with van der Waals surface area (Å²) in [5.74, 6) is 0. The molecule has 1 aliphatic rings. The van der Waals surface area contributed by atoms with Crippen LogP contribution in [0.3, 0.4) is 0 Å². The van der Waals surface area contributed by atoms with Crippen LogP contribution in [0, 0.1) is 0 Å². The zero-order valence-corrected chi connectivity index (χ0v) is 4.57. The molecule has 0 saturated heterocycles. The molecule has 0 fully saturated rings. The van der Waals surface area contributed by atoms with E-state index in [0.29, 0.717) is 0 Å². The van der Waals surface area contributed by atoms with Gasteiger partial charge in [0.15, 0.2) is 0 Å². The van der Waals surface area contributed by atoms with Gasteiger partial charge in [0.2, 0.25) is 0 Å². The topological polar surface area (TPSA) is 27.8 Å². The summed E-state index contributed by atoms with van der Waals surface area (Å²) in [4.78, 5) is 3.06. The Hall–Kier alpha value is -0.760. The van der Waals surface area contributed by atoms with Crippen LogP contribution in [-0.4, -0.2) is 4.98 Å². The van der Waals surface area contributed by atoms with E-state index in [1.54, 1.807) is 0 Å². The lowest BCUT2D eigenvalue weighted by atomic mass is 10.2. The maximum atomic E-state index is 3.25. The molecule has 0 spiro atoms. The predicted molar refractivity (Wildman–Crippen MR) is 31.3 cm³/mol. The van der Waals surface area contributed by atoms with Crippen molar-refractivity contribution >= 4 is 0 Å². The maximum Gasteiger partial charge on any atom is 0.0226 e. The van der Waals surface area contributed by atoms with Crippen LogP contribution in [-0.2, 0) is 13.1 Å². The molecule has 0 aromatic carbocycles. The van der Waals surface area contributed by atoms with E-state index in [4.69, 9.17) is 0 Å². The lowest BCUT2D eigenvalue weighted by molar-refractivity contribution is 0.759. The third-order valence-corrected chi connectivity index (χ3v) is 1.56. The Balaban J connectivity index is 2.54. The smallest absolute Gasteiger partial charge is 0.0226 e. The van der Waals surface area contributed by atoms with Gasteiger partial charge >= 0.3 is 0 Å². The minimum atomic E-state index is 1.04. The highest BCUT2D eigenvalue weighted by molar-refractivity contribution is 5.26. The molecule has 0 unspecified atom stereocenters. The van der Waals surface area contributed by atoms with Crippen molar-refractivity contribution in [2.24, 2.45) is 0 Å². The van der Waals surface area contributed by atoms with Gasteiger partial charge in [-0.2, -0.15) is 0 Å². The maximum absolute atomic E-state index is 3.25. The van der Waals surface area contributed by atoms with Gasteiger partial charge in [0.1, 0.15) is 0 Å². The quantitative estimate of drug-likeness (QED) is 0.501. The molecule has 2 heteroatoms. The number of hydrogen-bond acceptors (Lipinski definition) is 1. The molecule has 2 nitrogen and oxygen atoms in total. The summed E-state index contributed by atoms with van der Waals surface area (Å²) in [5, 5.41) is 3.25. The highest BCUT2D eigenvalue weighted by atomic mass is 14.9. The fourth-order valence-corrected chi connectivity index (χ4v) is 1.09. The van der Waals surface area contributed by atoms with Gasteiger partial charge in [-0.25, -0.2) is 0 Å². The van der Waals surface area contributed by atoms with Gasteiger partial charge in [0.05, 0.1) is 0 Å². The highest BCUT2D eigenvalue weighted by Gasteiger charge is 2.08. The predicted octanol–water partition coefficient (Wildman–Crippen LogP) is 0.618. The Bertz CT molecular complexity index is 172. The van der Waals surface area contributed by atoms with Gasteiger partial charge in [-0.15, -0.1) is 0 Å². The average molecular weight is 108 g/mol. The molecule has 1 aliphatic heterocycles. The molecule has 0 radical (unpaired) electrons. The van der Waals surface area contributed by atoms with Crippen LogP contribution in [0.25, 0.3) is 0 Å².